The number of ketones is 1. The number of carbonyl (C=O) groups is 1. The molecule has 0 amide bonds. The van der Waals surface area contributed by atoms with Gasteiger partial charge in [-0.05, 0) is 30.7 Å². The first kappa shape index (κ1) is 12.1. The van der Waals surface area contributed by atoms with E-state index in [-0.39, 0.29) is 5.78 Å². The highest BCUT2D eigenvalue weighted by atomic mass is 79.9. The van der Waals surface area contributed by atoms with Gasteiger partial charge in [-0.15, -0.1) is 24.2 Å². The number of benzene rings is 1. The van der Waals surface area contributed by atoms with Crippen molar-refractivity contribution in [2.24, 2.45) is 0 Å². The highest BCUT2D eigenvalue weighted by Crippen LogP contribution is 2.20. The number of carbonyl (C=O) groups excluding carboxylic acids is 1. The minimum absolute atomic E-state index is 0.0468. The van der Waals surface area contributed by atoms with E-state index < -0.39 is 5.38 Å². The quantitative estimate of drug-likeness (QED) is 0.511. The van der Waals surface area contributed by atoms with E-state index in [1.807, 2.05) is 6.07 Å². The lowest BCUT2D eigenvalue weighted by Crippen LogP contribution is -2.12. The van der Waals surface area contributed by atoms with Crippen LogP contribution < -0.4 is 0 Å². The molecule has 0 radical (unpaired) electrons. The summed E-state index contributed by atoms with van der Waals surface area (Å²) in [7, 11) is 0. The predicted octanol–water partition coefficient (Wildman–Crippen LogP) is 3.68. The Kier molecular flexibility index (Phi) is 4.48. The Hall–Kier alpha value is 0.01000. The third-order valence-electron chi connectivity index (χ3n) is 1.86. The summed E-state index contributed by atoms with van der Waals surface area (Å²) in [5, 5.41) is 0.144. The average molecular weight is 294 g/mol. The van der Waals surface area contributed by atoms with Crippen LogP contribution in [0.5, 0.6) is 0 Å². The lowest BCUT2D eigenvalue weighted by Gasteiger charge is -2.08. The maximum Gasteiger partial charge on any atom is 0.180 e. The lowest BCUT2D eigenvalue weighted by atomic mass is 10.0. The summed E-state index contributed by atoms with van der Waals surface area (Å²) in [6.07, 6.45) is 0. The van der Waals surface area contributed by atoms with Crippen LogP contribution in [0.4, 0.5) is 0 Å². The number of alkyl halides is 2. The molecular weight excluding hydrogens is 284 g/mol. The second kappa shape index (κ2) is 5.19. The zero-order valence-corrected chi connectivity index (χ0v) is 10.9. The minimum atomic E-state index is -0.487. The summed E-state index contributed by atoms with van der Waals surface area (Å²) in [5.41, 5.74) is 1.59. The van der Waals surface area contributed by atoms with E-state index in [0.717, 1.165) is 10.5 Å². The zero-order valence-electron chi connectivity index (χ0n) is 7.63. The fourth-order valence-corrected chi connectivity index (χ4v) is 1.96. The number of hydrogen-bond donors (Lipinski definition) is 1. The van der Waals surface area contributed by atoms with Gasteiger partial charge in [0, 0.05) is 15.8 Å². The molecule has 1 nitrogen and oxygen atoms in total. The minimum Gasteiger partial charge on any atom is -0.293 e. The molecule has 76 valence electrons. The highest BCUT2D eigenvalue weighted by molar-refractivity contribution is 9.08. The van der Waals surface area contributed by atoms with Gasteiger partial charge in [-0.25, -0.2) is 0 Å². The molecular formula is C10H10BrClOS. The smallest absolute Gasteiger partial charge is 0.180 e. The van der Waals surface area contributed by atoms with Crippen molar-refractivity contribution in [1.82, 2.24) is 0 Å². The Morgan fingerprint density at radius 3 is 2.79 bits per heavy atom. The van der Waals surface area contributed by atoms with Crippen molar-refractivity contribution in [3.63, 3.8) is 0 Å². The Balaban J connectivity index is 3.14. The monoisotopic (exact) mass is 292 g/mol. The van der Waals surface area contributed by atoms with Crippen molar-refractivity contribution in [3.05, 3.63) is 29.3 Å². The van der Waals surface area contributed by atoms with E-state index in [4.69, 9.17) is 11.6 Å². The summed E-state index contributed by atoms with van der Waals surface area (Å²) < 4.78 is 0. The first-order valence-electron chi connectivity index (χ1n) is 4.12. The van der Waals surface area contributed by atoms with Gasteiger partial charge in [-0.1, -0.05) is 15.9 Å². The van der Waals surface area contributed by atoms with Crippen LogP contribution >= 0.6 is 40.2 Å². The summed E-state index contributed by atoms with van der Waals surface area (Å²) in [6, 6.07) is 5.42. The molecule has 1 aromatic rings. The van der Waals surface area contributed by atoms with E-state index in [1.54, 1.807) is 19.1 Å². The van der Waals surface area contributed by atoms with E-state index in [1.165, 1.54) is 0 Å². The second-order valence-electron chi connectivity index (χ2n) is 2.96. The first-order chi connectivity index (χ1) is 6.56. The molecule has 1 unspecified atom stereocenters. The van der Waals surface area contributed by atoms with Crippen LogP contribution in [0.3, 0.4) is 0 Å². The Labute approximate surface area is 102 Å². The molecule has 0 bridgehead atoms. The van der Waals surface area contributed by atoms with E-state index in [0.29, 0.717) is 10.9 Å². The molecule has 1 rings (SSSR count). The molecule has 0 heterocycles. The number of rotatable bonds is 3. The van der Waals surface area contributed by atoms with E-state index in [9.17, 15) is 4.79 Å². The molecule has 14 heavy (non-hydrogen) atoms. The molecule has 0 fully saturated rings. The van der Waals surface area contributed by atoms with Crippen molar-refractivity contribution < 1.29 is 4.79 Å². The number of thiol groups is 1. The molecule has 0 aliphatic rings. The van der Waals surface area contributed by atoms with Gasteiger partial charge in [0.05, 0.1) is 5.38 Å². The molecule has 4 heteroatoms. The third kappa shape index (κ3) is 2.75. The van der Waals surface area contributed by atoms with Crippen molar-refractivity contribution in [2.75, 3.05) is 0 Å². The van der Waals surface area contributed by atoms with E-state index >= 15 is 0 Å². The first-order valence-corrected chi connectivity index (χ1v) is 6.13. The summed E-state index contributed by atoms with van der Waals surface area (Å²) in [4.78, 5) is 12.5. The Morgan fingerprint density at radius 2 is 2.29 bits per heavy atom. The van der Waals surface area contributed by atoms with Gasteiger partial charge in [0.1, 0.15) is 0 Å². The van der Waals surface area contributed by atoms with E-state index in [2.05, 4.69) is 28.6 Å². The topological polar surface area (TPSA) is 17.1 Å². The van der Waals surface area contributed by atoms with Crippen LogP contribution in [0.1, 0.15) is 22.8 Å². The lowest BCUT2D eigenvalue weighted by molar-refractivity contribution is 0.0991. The summed E-state index contributed by atoms with van der Waals surface area (Å²) >= 11 is 13.3. The molecule has 0 spiro atoms. The number of hydrogen-bond acceptors (Lipinski definition) is 2. The van der Waals surface area contributed by atoms with Crippen molar-refractivity contribution in [1.29, 1.82) is 0 Å². The largest absolute Gasteiger partial charge is 0.293 e. The highest BCUT2D eigenvalue weighted by Gasteiger charge is 2.15. The van der Waals surface area contributed by atoms with Gasteiger partial charge >= 0.3 is 0 Å². The molecule has 0 saturated carbocycles. The zero-order chi connectivity index (χ0) is 10.7. The molecule has 0 N–H and O–H groups in total. The molecule has 0 aromatic heterocycles. The van der Waals surface area contributed by atoms with Crippen LogP contribution in [0.2, 0.25) is 0 Å². The summed E-state index contributed by atoms with van der Waals surface area (Å²) in [6.45, 7) is 1.68. The van der Waals surface area contributed by atoms with Crippen molar-refractivity contribution in [2.45, 2.75) is 22.5 Å². The predicted molar refractivity (Wildman–Crippen MR) is 66.0 cm³/mol. The second-order valence-corrected chi connectivity index (χ2v) is 4.69. The van der Waals surface area contributed by atoms with Gasteiger partial charge in [0.25, 0.3) is 0 Å². The fraction of sp³-hybridized carbons (Fsp3) is 0.300. The Morgan fingerprint density at radius 1 is 1.64 bits per heavy atom. The maximum atomic E-state index is 11.7. The normalized spacial score (nSPS) is 12.6. The molecule has 0 aliphatic heterocycles. The fourth-order valence-electron chi connectivity index (χ4n) is 1.15. The van der Waals surface area contributed by atoms with Crippen LogP contribution in [-0.2, 0) is 5.33 Å². The molecule has 1 atom stereocenters. The SMILES string of the molecule is CC(Cl)C(=O)c1ccc(S)cc1CBr. The maximum absolute atomic E-state index is 11.7. The molecule has 1 aromatic carbocycles. The molecule has 0 saturated heterocycles. The van der Waals surface area contributed by atoms with Gasteiger partial charge in [0.15, 0.2) is 5.78 Å². The number of Topliss-reactive ketones (excluding diaryl/α,β-unsaturated/α-hetero) is 1. The summed E-state index contributed by atoms with van der Waals surface area (Å²) in [5.74, 6) is -0.0468. The standard InChI is InChI=1S/C10H10BrClOS/c1-6(12)10(13)9-3-2-8(14)4-7(9)5-11/h2-4,6,14H,5H2,1H3. The van der Waals surface area contributed by atoms with Crippen molar-refractivity contribution in [3.8, 4) is 0 Å². The average Bonchev–Trinajstić information content (AvgIpc) is 2.16. The van der Waals surface area contributed by atoms with Crippen LogP contribution in [0, 0.1) is 0 Å². The number of halogens is 2. The van der Waals surface area contributed by atoms with Crippen LogP contribution in [0.25, 0.3) is 0 Å². The third-order valence-corrected chi connectivity index (χ3v) is 2.94. The Bertz CT molecular complexity index is 352. The van der Waals surface area contributed by atoms with Gasteiger partial charge < -0.3 is 0 Å². The van der Waals surface area contributed by atoms with Gasteiger partial charge in [0.2, 0.25) is 0 Å². The van der Waals surface area contributed by atoms with Crippen LogP contribution in [-0.4, -0.2) is 11.2 Å². The van der Waals surface area contributed by atoms with Crippen molar-refractivity contribution >= 4 is 45.9 Å². The van der Waals surface area contributed by atoms with Crippen LogP contribution in [0.15, 0.2) is 23.1 Å². The molecule has 0 aliphatic carbocycles. The van der Waals surface area contributed by atoms with Gasteiger partial charge in [-0.2, -0.15) is 0 Å². The van der Waals surface area contributed by atoms with Gasteiger partial charge in [-0.3, -0.25) is 4.79 Å².